The molecule has 0 unspecified atom stereocenters. The van der Waals surface area contributed by atoms with Crippen LogP contribution in [0.1, 0.15) is 33.1 Å². The molecule has 0 aromatic heterocycles. The lowest BCUT2D eigenvalue weighted by Crippen LogP contribution is -2.34. The second kappa shape index (κ2) is 2.72. The van der Waals surface area contributed by atoms with Gasteiger partial charge in [0, 0.05) is 6.42 Å². The Labute approximate surface area is 78.3 Å². The molecule has 2 rings (SSSR count). The van der Waals surface area contributed by atoms with Crippen LogP contribution in [-0.2, 0) is 9.53 Å². The number of carbonyl (C=O) groups is 1. The summed E-state index contributed by atoms with van der Waals surface area (Å²) in [6.07, 6.45) is 6.30. The van der Waals surface area contributed by atoms with Gasteiger partial charge in [-0.1, -0.05) is 12.2 Å². The van der Waals surface area contributed by atoms with E-state index in [1.165, 1.54) is 0 Å². The third-order valence-corrected chi connectivity index (χ3v) is 2.41. The number of rotatable bonds is 0. The average molecular weight is 178 g/mol. The second-order valence-electron chi connectivity index (χ2n) is 4.24. The highest BCUT2D eigenvalue weighted by molar-refractivity contribution is 5.99. The summed E-state index contributed by atoms with van der Waals surface area (Å²) < 4.78 is 5.76. The number of carbonyl (C=O) groups excluding carboxylic acids is 1. The molecular formula is C11H14O2. The highest BCUT2D eigenvalue weighted by Crippen LogP contribution is 2.33. The SMILES string of the molecule is CC1(C)CC(=O)C2=C(CCC=C2)O1. The molecule has 13 heavy (non-hydrogen) atoms. The van der Waals surface area contributed by atoms with E-state index >= 15 is 0 Å². The minimum Gasteiger partial charge on any atom is -0.491 e. The van der Waals surface area contributed by atoms with E-state index in [1.54, 1.807) is 0 Å². The van der Waals surface area contributed by atoms with Crippen LogP contribution in [0.5, 0.6) is 0 Å². The van der Waals surface area contributed by atoms with E-state index in [1.807, 2.05) is 26.0 Å². The quantitative estimate of drug-likeness (QED) is 0.569. The van der Waals surface area contributed by atoms with Crippen molar-refractivity contribution in [3.8, 4) is 0 Å². The van der Waals surface area contributed by atoms with Gasteiger partial charge in [-0.3, -0.25) is 4.79 Å². The molecule has 0 saturated carbocycles. The van der Waals surface area contributed by atoms with Gasteiger partial charge in [-0.05, 0) is 20.3 Å². The van der Waals surface area contributed by atoms with Crippen molar-refractivity contribution in [3.05, 3.63) is 23.5 Å². The summed E-state index contributed by atoms with van der Waals surface area (Å²) in [5.74, 6) is 1.12. The molecule has 0 N–H and O–H groups in total. The average Bonchev–Trinajstić information content (AvgIpc) is 2.02. The van der Waals surface area contributed by atoms with E-state index in [0.29, 0.717) is 6.42 Å². The third kappa shape index (κ3) is 1.53. The lowest BCUT2D eigenvalue weighted by atomic mass is 9.90. The Hall–Kier alpha value is -1.05. The smallest absolute Gasteiger partial charge is 0.170 e. The molecule has 2 heteroatoms. The fraction of sp³-hybridized carbons (Fsp3) is 0.545. The first kappa shape index (κ1) is 8.54. The molecule has 70 valence electrons. The van der Waals surface area contributed by atoms with E-state index in [9.17, 15) is 4.79 Å². The van der Waals surface area contributed by atoms with Crippen LogP contribution in [0.4, 0.5) is 0 Å². The predicted molar refractivity (Wildman–Crippen MR) is 50.2 cm³/mol. The fourth-order valence-electron chi connectivity index (χ4n) is 1.85. The van der Waals surface area contributed by atoms with Gasteiger partial charge >= 0.3 is 0 Å². The first-order chi connectivity index (χ1) is 6.08. The minimum atomic E-state index is -0.304. The maximum atomic E-state index is 11.7. The number of ketones is 1. The zero-order chi connectivity index (χ0) is 9.47. The van der Waals surface area contributed by atoms with Crippen molar-refractivity contribution in [3.63, 3.8) is 0 Å². The Morgan fingerprint density at radius 2 is 2.23 bits per heavy atom. The second-order valence-corrected chi connectivity index (χ2v) is 4.24. The Balaban J connectivity index is 2.36. The summed E-state index contributed by atoms with van der Waals surface area (Å²) in [6, 6.07) is 0. The standard InChI is InChI=1S/C11H14O2/c1-11(2)7-9(12)8-5-3-4-6-10(8)13-11/h3,5H,4,6-7H2,1-2H3. The van der Waals surface area contributed by atoms with Gasteiger partial charge in [-0.2, -0.15) is 0 Å². The molecule has 0 fully saturated rings. The van der Waals surface area contributed by atoms with Crippen molar-refractivity contribution >= 4 is 5.78 Å². The molecule has 0 atom stereocenters. The summed E-state index contributed by atoms with van der Waals surface area (Å²) in [6.45, 7) is 3.93. The minimum absolute atomic E-state index is 0.224. The Kier molecular flexibility index (Phi) is 1.79. The molecule has 0 radical (unpaired) electrons. The van der Waals surface area contributed by atoms with Gasteiger partial charge in [0.25, 0.3) is 0 Å². The molecule has 1 aliphatic carbocycles. The summed E-state index contributed by atoms with van der Waals surface area (Å²) in [5, 5.41) is 0. The zero-order valence-electron chi connectivity index (χ0n) is 8.09. The number of ether oxygens (including phenoxy) is 1. The summed E-state index contributed by atoms with van der Waals surface area (Å²) in [5.41, 5.74) is 0.492. The summed E-state index contributed by atoms with van der Waals surface area (Å²) >= 11 is 0. The van der Waals surface area contributed by atoms with Crippen LogP contribution in [0.25, 0.3) is 0 Å². The van der Waals surface area contributed by atoms with E-state index in [2.05, 4.69) is 0 Å². The Bertz CT molecular complexity index is 308. The lowest BCUT2D eigenvalue weighted by molar-refractivity contribution is -0.123. The van der Waals surface area contributed by atoms with Crippen molar-refractivity contribution in [2.45, 2.75) is 38.7 Å². The molecule has 0 saturated heterocycles. The molecule has 0 spiro atoms. The van der Waals surface area contributed by atoms with Crippen molar-refractivity contribution in [1.82, 2.24) is 0 Å². The molecule has 0 aromatic rings. The monoisotopic (exact) mass is 178 g/mol. The van der Waals surface area contributed by atoms with Crippen LogP contribution >= 0.6 is 0 Å². The van der Waals surface area contributed by atoms with Gasteiger partial charge in [0.2, 0.25) is 0 Å². The van der Waals surface area contributed by atoms with Gasteiger partial charge < -0.3 is 4.74 Å². The van der Waals surface area contributed by atoms with E-state index < -0.39 is 0 Å². The first-order valence-electron chi connectivity index (χ1n) is 4.70. The largest absolute Gasteiger partial charge is 0.491 e. The molecular weight excluding hydrogens is 164 g/mol. The number of hydrogen-bond donors (Lipinski definition) is 0. The third-order valence-electron chi connectivity index (χ3n) is 2.41. The number of hydrogen-bond acceptors (Lipinski definition) is 2. The Morgan fingerprint density at radius 3 is 3.00 bits per heavy atom. The molecule has 0 amide bonds. The summed E-state index contributed by atoms with van der Waals surface area (Å²) in [4.78, 5) is 11.7. The van der Waals surface area contributed by atoms with Crippen molar-refractivity contribution in [2.75, 3.05) is 0 Å². The maximum Gasteiger partial charge on any atom is 0.170 e. The molecule has 0 aromatic carbocycles. The molecule has 2 nitrogen and oxygen atoms in total. The highest BCUT2D eigenvalue weighted by atomic mass is 16.5. The van der Waals surface area contributed by atoms with Gasteiger partial charge in [-0.15, -0.1) is 0 Å². The topological polar surface area (TPSA) is 26.3 Å². The summed E-state index contributed by atoms with van der Waals surface area (Å²) in [7, 11) is 0. The van der Waals surface area contributed by atoms with Gasteiger partial charge in [-0.25, -0.2) is 0 Å². The van der Waals surface area contributed by atoms with Gasteiger partial charge in [0.15, 0.2) is 5.78 Å². The van der Waals surface area contributed by atoms with Crippen molar-refractivity contribution in [2.24, 2.45) is 0 Å². The fourth-order valence-corrected chi connectivity index (χ4v) is 1.85. The molecule has 1 aliphatic heterocycles. The zero-order valence-corrected chi connectivity index (χ0v) is 8.09. The van der Waals surface area contributed by atoms with E-state index in [-0.39, 0.29) is 11.4 Å². The molecule has 0 bridgehead atoms. The van der Waals surface area contributed by atoms with Crippen LogP contribution in [0.2, 0.25) is 0 Å². The maximum absolute atomic E-state index is 11.7. The predicted octanol–water partition coefficient (Wildman–Crippen LogP) is 2.36. The van der Waals surface area contributed by atoms with Crippen LogP contribution in [-0.4, -0.2) is 11.4 Å². The van der Waals surface area contributed by atoms with Crippen molar-refractivity contribution < 1.29 is 9.53 Å². The van der Waals surface area contributed by atoms with E-state index in [0.717, 1.165) is 24.2 Å². The first-order valence-corrected chi connectivity index (χ1v) is 4.70. The van der Waals surface area contributed by atoms with Gasteiger partial charge in [0.1, 0.15) is 11.4 Å². The lowest BCUT2D eigenvalue weighted by Gasteiger charge is -2.33. The number of Topliss-reactive ketones (excluding diaryl/α,β-unsaturated/α-hetero) is 1. The van der Waals surface area contributed by atoms with Crippen LogP contribution in [0.3, 0.4) is 0 Å². The van der Waals surface area contributed by atoms with Crippen molar-refractivity contribution in [1.29, 1.82) is 0 Å². The molecule has 1 heterocycles. The van der Waals surface area contributed by atoms with Crippen LogP contribution < -0.4 is 0 Å². The van der Waals surface area contributed by atoms with Crippen LogP contribution in [0, 0.1) is 0 Å². The normalized spacial score (nSPS) is 25.5. The van der Waals surface area contributed by atoms with Gasteiger partial charge in [0.05, 0.1) is 12.0 Å². The molecule has 2 aliphatic rings. The van der Waals surface area contributed by atoms with E-state index in [4.69, 9.17) is 4.74 Å². The number of allylic oxidation sites excluding steroid dienone is 4. The highest BCUT2D eigenvalue weighted by Gasteiger charge is 2.33. The van der Waals surface area contributed by atoms with Crippen LogP contribution in [0.15, 0.2) is 23.5 Å². The Morgan fingerprint density at radius 1 is 1.46 bits per heavy atom.